The zero-order valence-corrected chi connectivity index (χ0v) is 21.3. The molecule has 3 aromatic rings. The summed E-state index contributed by atoms with van der Waals surface area (Å²) < 4.78 is 120. The molecule has 1 amide bonds. The van der Waals surface area contributed by atoms with Gasteiger partial charge >= 0.3 is 12.4 Å². The van der Waals surface area contributed by atoms with Crippen LogP contribution >= 0.6 is 0 Å². The van der Waals surface area contributed by atoms with Gasteiger partial charge in [0.25, 0.3) is 0 Å². The van der Waals surface area contributed by atoms with Crippen molar-refractivity contribution < 1.29 is 43.9 Å². The van der Waals surface area contributed by atoms with Crippen molar-refractivity contribution in [2.75, 3.05) is 0 Å². The smallest absolute Gasteiger partial charge is 0.351 e. The third kappa shape index (κ3) is 6.22. The number of nitrogens with one attached hydrogen (secondary N) is 1. The number of benzene rings is 1. The summed E-state index contributed by atoms with van der Waals surface area (Å²) in [5, 5.41) is 2.43. The van der Waals surface area contributed by atoms with Crippen molar-refractivity contribution >= 4 is 15.9 Å². The topological polar surface area (TPSA) is 105 Å². The Morgan fingerprint density at radius 1 is 1.00 bits per heavy atom. The number of halogens is 7. The molecule has 0 spiro atoms. The maximum Gasteiger partial charge on any atom is 0.451 e. The molecule has 1 saturated heterocycles. The quantitative estimate of drug-likeness (QED) is 0.421. The van der Waals surface area contributed by atoms with E-state index >= 15 is 0 Å². The lowest BCUT2D eigenvalue weighted by atomic mass is 10.1. The van der Waals surface area contributed by atoms with Crippen molar-refractivity contribution in [3.8, 4) is 11.3 Å². The highest BCUT2D eigenvalue weighted by Crippen LogP contribution is 2.33. The second-order valence-electron chi connectivity index (χ2n) is 8.99. The van der Waals surface area contributed by atoms with Crippen LogP contribution < -0.4 is 5.32 Å². The zero-order valence-electron chi connectivity index (χ0n) is 20.5. The van der Waals surface area contributed by atoms with E-state index in [4.69, 9.17) is 0 Å². The van der Waals surface area contributed by atoms with Crippen LogP contribution in [0.3, 0.4) is 0 Å². The molecular weight excluding hydrogens is 571 g/mol. The van der Waals surface area contributed by atoms with Gasteiger partial charge in [-0.25, -0.2) is 27.8 Å². The molecule has 4 rings (SSSR count). The minimum atomic E-state index is -4.93. The summed E-state index contributed by atoms with van der Waals surface area (Å²) in [5.74, 6) is -2.91. The first-order valence-electron chi connectivity index (χ1n) is 11.6. The number of sulfonamides is 1. The Labute approximate surface area is 223 Å². The Hall–Kier alpha value is -3.66. The van der Waals surface area contributed by atoms with Crippen molar-refractivity contribution in [3.63, 3.8) is 0 Å². The molecular formula is C24H20F7N5O3S. The molecule has 0 saturated carbocycles. The molecule has 0 bridgehead atoms. The van der Waals surface area contributed by atoms with Gasteiger partial charge in [0.15, 0.2) is 0 Å². The Morgan fingerprint density at radius 3 is 2.20 bits per heavy atom. The summed E-state index contributed by atoms with van der Waals surface area (Å²) in [6.07, 6.45) is -7.97. The number of amides is 1. The minimum Gasteiger partial charge on any atom is -0.351 e. The third-order valence-electron chi connectivity index (χ3n) is 6.13. The van der Waals surface area contributed by atoms with Crippen molar-refractivity contribution in [2.45, 2.75) is 55.6 Å². The normalized spacial score (nSPS) is 18.6. The monoisotopic (exact) mass is 591 g/mol. The van der Waals surface area contributed by atoms with E-state index in [9.17, 15) is 43.9 Å². The van der Waals surface area contributed by atoms with Gasteiger partial charge in [0.05, 0.1) is 10.6 Å². The Morgan fingerprint density at radius 2 is 1.62 bits per heavy atom. The number of carbonyl (C=O) groups is 1. The summed E-state index contributed by atoms with van der Waals surface area (Å²) in [6.45, 7) is 1.11. The summed E-state index contributed by atoms with van der Waals surface area (Å²) in [7, 11) is -4.21. The Kier molecular flexibility index (Phi) is 7.86. The van der Waals surface area contributed by atoms with Gasteiger partial charge in [-0.15, -0.1) is 0 Å². The van der Waals surface area contributed by atoms with Crippen LogP contribution in [0.25, 0.3) is 11.3 Å². The summed E-state index contributed by atoms with van der Waals surface area (Å²) in [6, 6.07) is 4.05. The molecule has 16 heteroatoms. The molecule has 40 heavy (non-hydrogen) atoms. The number of rotatable bonds is 6. The standard InChI is InChI=1S/C24H20F7N5O3S/c1-13-2-7-19(36(13)40(38,39)17-5-3-16(25)4-6-17)21(37)32-10-14-8-18(35-20(9-14)23(26,27)28)15-11-33-22(34-12-15)24(29,30)31/h3-6,8-9,11-13,19H,2,7,10H2,1H3,(H,32,37)/t13-,19-/m0/s1. The highest BCUT2D eigenvalue weighted by atomic mass is 32.2. The molecule has 1 aliphatic heterocycles. The first kappa shape index (κ1) is 29.3. The Bertz CT molecular complexity index is 1500. The molecule has 1 aliphatic rings. The SMILES string of the molecule is C[C@H]1CC[C@@H](C(=O)NCc2cc(-c3cnc(C(F)(F)F)nc3)nc(C(F)(F)F)c2)N1S(=O)(=O)c1ccc(F)cc1. The highest BCUT2D eigenvalue weighted by Gasteiger charge is 2.43. The van der Waals surface area contributed by atoms with Gasteiger partial charge in [-0.1, -0.05) is 0 Å². The number of aromatic nitrogens is 3. The van der Waals surface area contributed by atoms with Crippen LogP contribution in [0, 0.1) is 5.82 Å². The van der Waals surface area contributed by atoms with Crippen molar-refractivity contribution in [1.29, 1.82) is 0 Å². The largest absolute Gasteiger partial charge is 0.451 e. The molecule has 0 unspecified atom stereocenters. The molecule has 3 heterocycles. The predicted octanol–water partition coefficient (Wildman–Crippen LogP) is 4.57. The van der Waals surface area contributed by atoms with Crippen LogP contribution in [0.4, 0.5) is 30.7 Å². The highest BCUT2D eigenvalue weighted by molar-refractivity contribution is 7.89. The van der Waals surface area contributed by atoms with Crippen molar-refractivity contribution in [2.24, 2.45) is 0 Å². The molecule has 2 atom stereocenters. The first-order valence-corrected chi connectivity index (χ1v) is 13.1. The van der Waals surface area contributed by atoms with E-state index in [1.165, 1.54) is 0 Å². The second-order valence-corrected chi connectivity index (χ2v) is 10.8. The molecule has 1 aromatic carbocycles. The summed E-state index contributed by atoms with van der Waals surface area (Å²) in [4.78, 5) is 22.5. The number of nitrogens with zero attached hydrogens (tertiary/aromatic N) is 4. The summed E-state index contributed by atoms with van der Waals surface area (Å²) >= 11 is 0. The lowest BCUT2D eigenvalue weighted by Crippen LogP contribution is -2.48. The van der Waals surface area contributed by atoms with Crippen LogP contribution in [0.15, 0.2) is 53.7 Å². The van der Waals surface area contributed by atoms with Crippen molar-refractivity contribution in [1.82, 2.24) is 24.6 Å². The molecule has 0 aliphatic carbocycles. The minimum absolute atomic E-state index is 0.107. The van der Waals surface area contributed by atoms with Crippen LogP contribution in [-0.4, -0.2) is 45.7 Å². The first-order chi connectivity index (χ1) is 18.6. The fraction of sp³-hybridized carbons (Fsp3) is 0.333. The predicted molar refractivity (Wildman–Crippen MR) is 125 cm³/mol. The number of carbonyl (C=O) groups excluding carboxylic acids is 1. The molecule has 8 nitrogen and oxygen atoms in total. The van der Waals surface area contributed by atoms with Gasteiger partial charge in [-0.2, -0.15) is 30.6 Å². The average Bonchev–Trinajstić information content (AvgIpc) is 3.28. The maximum atomic E-state index is 13.5. The van der Waals surface area contributed by atoms with Gasteiger partial charge in [0.1, 0.15) is 17.6 Å². The van der Waals surface area contributed by atoms with Gasteiger partial charge in [-0.05, 0) is 61.7 Å². The molecule has 1 fully saturated rings. The van der Waals surface area contributed by atoms with E-state index < -0.39 is 64.2 Å². The second kappa shape index (κ2) is 10.7. The average molecular weight is 592 g/mol. The molecule has 214 valence electrons. The lowest BCUT2D eigenvalue weighted by molar-refractivity contribution is -0.145. The van der Waals surface area contributed by atoms with Gasteiger partial charge in [0, 0.05) is 30.5 Å². The molecule has 0 radical (unpaired) electrons. The zero-order chi connectivity index (χ0) is 29.5. The molecule has 1 N–H and O–H groups in total. The van der Waals surface area contributed by atoms with Crippen molar-refractivity contribution in [3.05, 3.63) is 71.7 Å². The van der Waals surface area contributed by atoms with Gasteiger partial charge in [0.2, 0.25) is 21.8 Å². The van der Waals surface area contributed by atoms with E-state index in [1.807, 2.05) is 0 Å². The van der Waals surface area contributed by atoms with Crippen LogP contribution in [0.1, 0.15) is 36.8 Å². The third-order valence-corrected chi connectivity index (χ3v) is 8.17. The van der Waals surface area contributed by atoms with E-state index in [0.717, 1.165) is 34.6 Å². The van der Waals surface area contributed by atoms with E-state index in [2.05, 4.69) is 20.3 Å². The van der Waals surface area contributed by atoms with E-state index in [1.54, 1.807) is 6.92 Å². The molecule has 2 aromatic heterocycles. The number of hydrogen-bond acceptors (Lipinski definition) is 6. The van der Waals surface area contributed by atoms with E-state index in [0.29, 0.717) is 24.9 Å². The van der Waals surface area contributed by atoms with Crippen LogP contribution in [-0.2, 0) is 33.7 Å². The van der Waals surface area contributed by atoms with Crippen LogP contribution in [0.5, 0.6) is 0 Å². The fourth-order valence-electron chi connectivity index (χ4n) is 4.24. The van der Waals surface area contributed by atoms with Gasteiger partial charge < -0.3 is 5.32 Å². The van der Waals surface area contributed by atoms with Crippen LogP contribution in [0.2, 0.25) is 0 Å². The van der Waals surface area contributed by atoms with E-state index in [-0.39, 0.29) is 28.1 Å². The lowest BCUT2D eigenvalue weighted by Gasteiger charge is -2.27. The maximum absolute atomic E-state index is 13.5. The van der Waals surface area contributed by atoms with Gasteiger partial charge in [-0.3, -0.25) is 4.79 Å². The fourth-order valence-corrected chi connectivity index (χ4v) is 6.07. The number of hydrogen-bond donors (Lipinski definition) is 1. The Balaban J connectivity index is 1.58. The summed E-state index contributed by atoms with van der Waals surface area (Å²) in [5.41, 5.74) is -2.09. The number of pyridine rings is 1. The number of alkyl halides is 6.